The van der Waals surface area contributed by atoms with Gasteiger partial charge in [0.15, 0.2) is 0 Å². The first-order valence-electron chi connectivity index (χ1n) is 9.95. The van der Waals surface area contributed by atoms with Gasteiger partial charge in [-0.15, -0.1) is 0 Å². The topological polar surface area (TPSA) is 72.7 Å². The third-order valence-electron chi connectivity index (χ3n) is 4.92. The zero-order chi connectivity index (χ0) is 24.2. The van der Waals surface area contributed by atoms with Crippen LogP contribution in [0.25, 0.3) is 6.08 Å². The molecule has 0 aliphatic carbocycles. The lowest BCUT2D eigenvalue weighted by Gasteiger charge is -2.14. The molecule has 4 rings (SSSR count). The van der Waals surface area contributed by atoms with Gasteiger partial charge in [0.05, 0.1) is 20.8 Å². The van der Waals surface area contributed by atoms with E-state index >= 15 is 0 Å². The van der Waals surface area contributed by atoms with Crippen LogP contribution in [-0.2, 0) is 17.9 Å². The Hall–Kier alpha value is -3.08. The van der Waals surface area contributed by atoms with Crippen molar-refractivity contribution in [3.05, 3.63) is 109 Å². The summed E-state index contributed by atoms with van der Waals surface area (Å²) in [6, 6.07) is 17.6. The van der Waals surface area contributed by atoms with Gasteiger partial charge in [0, 0.05) is 12.1 Å². The number of amides is 1. The van der Waals surface area contributed by atoms with E-state index in [2.05, 4.69) is 15.9 Å². The summed E-state index contributed by atoms with van der Waals surface area (Å²) in [6.45, 7) is 0.527. The molecule has 10 heteroatoms. The molecule has 1 amide bonds. The Bertz CT molecular complexity index is 1300. The molecular formula is C24H16BrFN2O4S2. The van der Waals surface area contributed by atoms with Crippen molar-refractivity contribution in [3.8, 4) is 5.75 Å². The van der Waals surface area contributed by atoms with Gasteiger partial charge in [0.1, 0.15) is 22.5 Å². The maximum atomic E-state index is 13.1. The van der Waals surface area contributed by atoms with Crippen molar-refractivity contribution in [2.45, 2.75) is 13.2 Å². The van der Waals surface area contributed by atoms with Gasteiger partial charge in [-0.2, -0.15) is 0 Å². The number of nitro groups is 1. The van der Waals surface area contributed by atoms with E-state index in [0.29, 0.717) is 19.4 Å². The molecule has 1 heterocycles. The summed E-state index contributed by atoms with van der Waals surface area (Å²) in [4.78, 5) is 25.2. The summed E-state index contributed by atoms with van der Waals surface area (Å²) in [7, 11) is 0. The molecule has 0 unspecified atom stereocenters. The minimum absolute atomic E-state index is 0.0253. The van der Waals surface area contributed by atoms with Gasteiger partial charge in [-0.05, 0) is 75.1 Å². The quantitative estimate of drug-likeness (QED) is 0.143. The summed E-state index contributed by atoms with van der Waals surface area (Å²) >= 11 is 10.1. The predicted molar refractivity (Wildman–Crippen MR) is 137 cm³/mol. The number of thioether (sulfide) groups is 1. The summed E-state index contributed by atoms with van der Waals surface area (Å²) in [5.74, 6) is 0.0630. The first kappa shape index (κ1) is 24.1. The number of hydrogen-bond donors (Lipinski definition) is 0. The molecule has 1 saturated heterocycles. The largest absolute Gasteiger partial charge is 0.488 e. The maximum Gasteiger partial charge on any atom is 0.269 e. The number of ether oxygens (including phenoxy) is 1. The molecule has 0 spiro atoms. The number of carbonyl (C=O) groups excluding carboxylic acids is 1. The molecule has 0 saturated carbocycles. The molecule has 0 bridgehead atoms. The standard InChI is InChI=1S/C24H16BrFN2O4S2/c25-20-11-17(5-10-21(20)32-14-16-3-8-19(9-4-16)28(30)31)12-22-23(29)27(24(33)34-22)13-15-1-6-18(26)7-2-15/h1-12H,13-14H2/b22-12-. The monoisotopic (exact) mass is 558 g/mol. The third-order valence-corrected chi connectivity index (χ3v) is 6.92. The van der Waals surface area contributed by atoms with E-state index in [1.54, 1.807) is 36.4 Å². The van der Waals surface area contributed by atoms with E-state index in [-0.39, 0.29) is 30.6 Å². The van der Waals surface area contributed by atoms with Crippen LogP contribution in [0.15, 0.2) is 76.1 Å². The first-order chi connectivity index (χ1) is 16.3. The fourth-order valence-corrected chi connectivity index (χ4v) is 4.93. The highest BCUT2D eigenvalue weighted by molar-refractivity contribution is 9.10. The van der Waals surface area contributed by atoms with Gasteiger partial charge in [-0.1, -0.05) is 42.2 Å². The smallest absolute Gasteiger partial charge is 0.269 e. The molecule has 3 aromatic rings. The Labute approximate surface area is 212 Å². The summed E-state index contributed by atoms with van der Waals surface area (Å²) in [5.41, 5.74) is 2.40. The zero-order valence-electron chi connectivity index (χ0n) is 17.4. The van der Waals surface area contributed by atoms with Crippen LogP contribution in [0.4, 0.5) is 10.1 Å². The molecule has 1 aliphatic rings. The number of halogens is 2. The van der Waals surface area contributed by atoms with E-state index in [1.807, 2.05) is 12.1 Å². The number of nitro benzene ring substituents is 1. The molecule has 0 radical (unpaired) electrons. The molecule has 0 atom stereocenters. The van der Waals surface area contributed by atoms with Crippen LogP contribution in [0.3, 0.4) is 0 Å². The maximum absolute atomic E-state index is 13.1. The van der Waals surface area contributed by atoms with Crippen LogP contribution in [0.1, 0.15) is 16.7 Å². The summed E-state index contributed by atoms with van der Waals surface area (Å²) in [6.07, 6.45) is 1.76. The minimum atomic E-state index is -0.448. The molecule has 0 N–H and O–H groups in total. The number of hydrogen-bond acceptors (Lipinski definition) is 6. The summed E-state index contributed by atoms with van der Waals surface area (Å²) in [5, 5.41) is 10.8. The van der Waals surface area contributed by atoms with Crippen LogP contribution in [0.5, 0.6) is 5.75 Å². The number of thiocarbonyl (C=S) groups is 1. The van der Waals surface area contributed by atoms with Crippen LogP contribution in [0, 0.1) is 15.9 Å². The highest BCUT2D eigenvalue weighted by atomic mass is 79.9. The fourth-order valence-electron chi connectivity index (χ4n) is 3.16. The van der Waals surface area contributed by atoms with Crippen molar-refractivity contribution in [2.75, 3.05) is 0 Å². The molecule has 1 fully saturated rings. The Morgan fingerprint density at radius 2 is 1.76 bits per heavy atom. The van der Waals surface area contributed by atoms with E-state index in [0.717, 1.165) is 16.7 Å². The predicted octanol–water partition coefficient (Wildman–Crippen LogP) is 6.48. The van der Waals surface area contributed by atoms with Crippen molar-refractivity contribution in [2.24, 2.45) is 0 Å². The van der Waals surface area contributed by atoms with E-state index in [4.69, 9.17) is 17.0 Å². The number of non-ortho nitro benzene ring substituents is 1. The van der Waals surface area contributed by atoms with Gasteiger partial charge in [0.2, 0.25) is 0 Å². The van der Waals surface area contributed by atoms with Crippen molar-refractivity contribution in [3.63, 3.8) is 0 Å². The molecule has 1 aliphatic heterocycles. The minimum Gasteiger partial charge on any atom is -0.488 e. The lowest BCUT2D eigenvalue weighted by Crippen LogP contribution is -2.27. The van der Waals surface area contributed by atoms with Crippen molar-refractivity contribution in [1.82, 2.24) is 4.90 Å². The second kappa shape index (κ2) is 10.5. The number of carbonyl (C=O) groups is 1. The summed E-state index contributed by atoms with van der Waals surface area (Å²) < 4.78 is 20.1. The lowest BCUT2D eigenvalue weighted by molar-refractivity contribution is -0.384. The second-order valence-corrected chi connectivity index (χ2v) is 9.83. The Balaban J connectivity index is 1.42. The Morgan fingerprint density at radius 1 is 1.09 bits per heavy atom. The lowest BCUT2D eigenvalue weighted by atomic mass is 10.2. The average molecular weight is 559 g/mol. The van der Waals surface area contributed by atoms with Gasteiger partial charge in [0.25, 0.3) is 11.6 Å². The van der Waals surface area contributed by atoms with Crippen LogP contribution in [-0.4, -0.2) is 20.1 Å². The van der Waals surface area contributed by atoms with E-state index in [1.165, 1.54) is 40.9 Å². The molecule has 6 nitrogen and oxygen atoms in total. The highest BCUT2D eigenvalue weighted by Crippen LogP contribution is 2.35. The highest BCUT2D eigenvalue weighted by Gasteiger charge is 2.32. The molecule has 0 aromatic heterocycles. The Kier molecular flexibility index (Phi) is 7.40. The van der Waals surface area contributed by atoms with E-state index in [9.17, 15) is 19.3 Å². The van der Waals surface area contributed by atoms with Crippen LogP contribution < -0.4 is 4.74 Å². The number of rotatable bonds is 7. The molecule has 3 aromatic carbocycles. The van der Waals surface area contributed by atoms with Crippen molar-refractivity contribution < 1.29 is 18.8 Å². The molecular weight excluding hydrogens is 543 g/mol. The number of nitrogens with zero attached hydrogens (tertiary/aromatic N) is 2. The SMILES string of the molecule is O=C1/C(=C/c2ccc(OCc3ccc([N+](=O)[O-])cc3)c(Br)c2)SC(=S)N1Cc1ccc(F)cc1. The van der Waals surface area contributed by atoms with Crippen molar-refractivity contribution in [1.29, 1.82) is 0 Å². The van der Waals surface area contributed by atoms with Gasteiger partial charge in [-0.3, -0.25) is 19.8 Å². The van der Waals surface area contributed by atoms with Crippen LogP contribution >= 0.6 is 39.9 Å². The zero-order valence-corrected chi connectivity index (χ0v) is 20.7. The normalized spacial score (nSPS) is 14.6. The fraction of sp³-hybridized carbons (Fsp3) is 0.0833. The van der Waals surface area contributed by atoms with Gasteiger partial charge < -0.3 is 4.74 Å². The average Bonchev–Trinajstić information content (AvgIpc) is 3.07. The van der Waals surface area contributed by atoms with Crippen molar-refractivity contribution >= 4 is 61.9 Å². The first-order valence-corrected chi connectivity index (χ1v) is 12.0. The number of benzene rings is 3. The second-order valence-electron chi connectivity index (χ2n) is 7.30. The third kappa shape index (κ3) is 5.69. The van der Waals surface area contributed by atoms with E-state index < -0.39 is 4.92 Å². The molecule has 34 heavy (non-hydrogen) atoms. The van der Waals surface area contributed by atoms with Crippen LogP contribution in [0.2, 0.25) is 0 Å². The molecule has 172 valence electrons. The Morgan fingerprint density at radius 3 is 2.41 bits per heavy atom. The van der Waals surface area contributed by atoms with Gasteiger partial charge >= 0.3 is 0 Å². The van der Waals surface area contributed by atoms with Gasteiger partial charge in [-0.25, -0.2) is 4.39 Å².